The number of anilines is 1. The first-order chi connectivity index (χ1) is 7.41. The number of amides is 1. The van der Waals surface area contributed by atoms with Crippen LogP contribution in [0.15, 0.2) is 18.2 Å². The Balaban J connectivity index is 2.89. The van der Waals surface area contributed by atoms with Crippen molar-refractivity contribution in [3.05, 3.63) is 23.8 Å². The molecule has 0 aliphatic carbocycles. The molecule has 0 saturated heterocycles. The van der Waals surface area contributed by atoms with Crippen LogP contribution in [-0.2, 0) is 4.79 Å². The Labute approximate surface area is 91.8 Å². The highest BCUT2D eigenvalue weighted by Gasteiger charge is 2.12. The molecule has 0 fully saturated rings. The standard InChI is InChI=1S/C10H12N2O4/c1-5(9(12)13)16-6-2-3-7(10(14)15)8(11)4-6/h2-5H,11H2,1H3,(H2,12,13)(H,14,15). The summed E-state index contributed by atoms with van der Waals surface area (Å²) < 4.78 is 5.14. The molecule has 16 heavy (non-hydrogen) atoms. The van der Waals surface area contributed by atoms with Crippen molar-refractivity contribution < 1.29 is 19.4 Å². The fraction of sp³-hybridized carbons (Fsp3) is 0.200. The molecule has 0 aromatic heterocycles. The zero-order chi connectivity index (χ0) is 12.3. The summed E-state index contributed by atoms with van der Waals surface area (Å²) in [4.78, 5) is 21.4. The molecular weight excluding hydrogens is 212 g/mol. The highest BCUT2D eigenvalue weighted by atomic mass is 16.5. The molecule has 6 nitrogen and oxygen atoms in total. The first-order valence-electron chi connectivity index (χ1n) is 4.50. The number of hydrogen-bond donors (Lipinski definition) is 3. The summed E-state index contributed by atoms with van der Waals surface area (Å²) in [5.74, 6) is -1.43. The molecule has 1 unspecified atom stereocenters. The molecule has 0 saturated carbocycles. The van der Waals surface area contributed by atoms with Crippen LogP contribution < -0.4 is 16.2 Å². The van der Waals surface area contributed by atoms with Crippen molar-refractivity contribution in [2.45, 2.75) is 13.0 Å². The summed E-state index contributed by atoms with van der Waals surface area (Å²) in [6, 6.07) is 4.06. The van der Waals surface area contributed by atoms with Gasteiger partial charge in [-0.15, -0.1) is 0 Å². The number of carboxylic acid groups (broad SMARTS) is 1. The number of carbonyl (C=O) groups excluding carboxylic acids is 1. The Hall–Kier alpha value is -2.24. The molecule has 0 aliphatic rings. The fourth-order valence-electron chi connectivity index (χ4n) is 1.07. The van der Waals surface area contributed by atoms with E-state index in [4.69, 9.17) is 21.3 Å². The van der Waals surface area contributed by atoms with Crippen LogP contribution in [0.5, 0.6) is 5.75 Å². The lowest BCUT2D eigenvalue weighted by molar-refractivity contribution is -0.123. The number of aromatic carboxylic acids is 1. The lowest BCUT2D eigenvalue weighted by Gasteiger charge is -2.12. The third-order valence-electron chi connectivity index (χ3n) is 1.97. The largest absolute Gasteiger partial charge is 0.481 e. The molecule has 5 N–H and O–H groups in total. The van der Waals surface area contributed by atoms with Crippen molar-refractivity contribution in [2.75, 3.05) is 5.73 Å². The van der Waals surface area contributed by atoms with Crippen LogP contribution in [0.2, 0.25) is 0 Å². The van der Waals surface area contributed by atoms with E-state index in [2.05, 4.69) is 0 Å². The maximum Gasteiger partial charge on any atom is 0.337 e. The summed E-state index contributed by atoms with van der Waals surface area (Å²) in [6.07, 6.45) is -0.796. The number of primary amides is 1. The summed E-state index contributed by atoms with van der Waals surface area (Å²) in [7, 11) is 0. The third-order valence-corrected chi connectivity index (χ3v) is 1.97. The van der Waals surface area contributed by atoms with E-state index in [0.717, 1.165) is 0 Å². The molecule has 1 amide bonds. The first kappa shape index (κ1) is 11.8. The maximum absolute atomic E-state index is 10.7. The smallest absolute Gasteiger partial charge is 0.337 e. The summed E-state index contributed by atoms with van der Waals surface area (Å²) in [5.41, 5.74) is 10.6. The molecule has 1 aromatic rings. The van der Waals surface area contributed by atoms with Gasteiger partial charge in [0.2, 0.25) is 0 Å². The van der Waals surface area contributed by atoms with Crippen LogP contribution in [0.3, 0.4) is 0 Å². The molecule has 1 rings (SSSR count). The molecule has 0 bridgehead atoms. The zero-order valence-electron chi connectivity index (χ0n) is 8.64. The predicted molar refractivity (Wildman–Crippen MR) is 57.1 cm³/mol. The van der Waals surface area contributed by atoms with E-state index in [9.17, 15) is 9.59 Å². The second-order valence-electron chi connectivity index (χ2n) is 3.22. The molecule has 1 atom stereocenters. The molecule has 86 valence electrons. The molecule has 0 heterocycles. The Kier molecular flexibility index (Phi) is 3.34. The van der Waals surface area contributed by atoms with Crippen molar-refractivity contribution in [1.82, 2.24) is 0 Å². The molecular formula is C10H12N2O4. The van der Waals surface area contributed by atoms with Gasteiger partial charge in [-0.25, -0.2) is 4.79 Å². The van der Waals surface area contributed by atoms with Gasteiger partial charge in [0.05, 0.1) is 5.56 Å². The average Bonchev–Trinajstić information content (AvgIpc) is 2.16. The lowest BCUT2D eigenvalue weighted by atomic mass is 10.2. The van der Waals surface area contributed by atoms with Crippen LogP contribution in [0.1, 0.15) is 17.3 Å². The number of benzene rings is 1. The predicted octanol–water partition coefficient (Wildman–Crippen LogP) is 0.220. The monoisotopic (exact) mass is 224 g/mol. The number of carbonyl (C=O) groups is 2. The maximum atomic E-state index is 10.7. The SMILES string of the molecule is CC(Oc1ccc(C(=O)O)c(N)c1)C(N)=O. The highest BCUT2D eigenvalue weighted by Crippen LogP contribution is 2.20. The van der Waals surface area contributed by atoms with Gasteiger partial charge < -0.3 is 21.3 Å². The quantitative estimate of drug-likeness (QED) is 0.632. The van der Waals surface area contributed by atoms with E-state index >= 15 is 0 Å². The van der Waals surface area contributed by atoms with Crippen LogP contribution in [-0.4, -0.2) is 23.1 Å². The summed E-state index contributed by atoms with van der Waals surface area (Å²) >= 11 is 0. The molecule has 1 aromatic carbocycles. The number of nitrogens with two attached hydrogens (primary N) is 2. The highest BCUT2D eigenvalue weighted by molar-refractivity contribution is 5.93. The van der Waals surface area contributed by atoms with Gasteiger partial charge in [-0.3, -0.25) is 4.79 Å². The van der Waals surface area contributed by atoms with Gasteiger partial charge in [0, 0.05) is 11.8 Å². The van der Waals surface area contributed by atoms with Crippen LogP contribution in [0, 0.1) is 0 Å². The summed E-state index contributed by atoms with van der Waals surface area (Å²) in [5, 5.41) is 8.73. The van der Waals surface area contributed by atoms with Crippen molar-refractivity contribution in [1.29, 1.82) is 0 Å². The number of ether oxygens (including phenoxy) is 1. The van der Waals surface area contributed by atoms with Gasteiger partial charge in [0.15, 0.2) is 6.10 Å². The van der Waals surface area contributed by atoms with Gasteiger partial charge in [0.25, 0.3) is 5.91 Å². The Morgan fingerprint density at radius 2 is 2.06 bits per heavy atom. The van der Waals surface area contributed by atoms with E-state index in [1.165, 1.54) is 25.1 Å². The molecule has 0 aliphatic heterocycles. The van der Waals surface area contributed by atoms with E-state index in [-0.39, 0.29) is 11.3 Å². The number of hydrogen-bond acceptors (Lipinski definition) is 4. The lowest BCUT2D eigenvalue weighted by Crippen LogP contribution is -2.30. The van der Waals surface area contributed by atoms with E-state index in [1.807, 2.05) is 0 Å². The van der Waals surface area contributed by atoms with Crippen molar-refractivity contribution >= 4 is 17.6 Å². The topological polar surface area (TPSA) is 116 Å². The van der Waals surface area contributed by atoms with Gasteiger partial charge in [0.1, 0.15) is 5.75 Å². The van der Waals surface area contributed by atoms with Gasteiger partial charge in [-0.2, -0.15) is 0 Å². The summed E-state index contributed by atoms with van der Waals surface area (Å²) in [6.45, 7) is 1.49. The average molecular weight is 224 g/mol. The number of carboxylic acids is 1. The fourth-order valence-corrected chi connectivity index (χ4v) is 1.07. The second-order valence-corrected chi connectivity index (χ2v) is 3.22. The Morgan fingerprint density at radius 1 is 1.44 bits per heavy atom. The normalized spacial score (nSPS) is 11.8. The van der Waals surface area contributed by atoms with Gasteiger partial charge in [-0.05, 0) is 19.1 Å². The minimum absolute atomic E-state index is 0.0147. The van der Waals surface area contributed by atoms with Crippen LogP contribution >= 0.6 is 0 Å². The zero-order valence-corrected chi connectivity index (χ0v) is 8.64. The van der Waals surface area contributed by atoms with Gasteiger partial charge in [-0.1, -0.05) is 0 Å². The third kappa shape index (κ3) is 2.63. The van der Waals surface area contributed by atoms with Gasteiger partial charge >= 0.3 is 5.97 Å². The second kappa shape index (κ2) is 4.52. The Bertz CT molecular complexity index is 431. The Morgan fingerprint density at radius 3 is 2.50 bits per heavy atom. The van der Waals surface area contributed by atoms with Crippen molar-refractivity contribution in [3.63, 3.8) is 0 Å². The van der Waals surface area contributed by atoms with E-state index < -0.39 is 18.0 Å². The van der Waals surface area contributed by atoms with E-state index in [1.54, 1.807) is 0 Å². The van der Waals surface area contributed by atoms with Crippen LogP contribution in [0.4, 0.5) is 5.69 Å². The number of rotatable bonds is 4. The first-order valence-corrected chi connectivity index (χ1v) is 4.50. The van der Waals surface area contributed by atoms with Crippen molar-refractivity contribution in [3.8, 4) is 5.75 Å². The van der Waals surface area contributed by atoms with E-state index in [0.29, 0.717) is 5.75 Å². The molecule has 0 radical (unpaired) electrons. The minimum atomic E-state index is -1.12. The molecule has 0 spiro atoms. The minimum Gasteiger partial charge on any atom is -0.481 e. The number of nitrogen functional groups attached to an aromatic ring is 1. The van der Waals surface area contributed by atoms with Crippen LogP contribution in [0.25, 0.3) is 0 Å². The van der Waals surface area contributed by atoms with Crippen molar-refractivity contribution in [2.24, 2.45) is 5.73 Å². The molecule has 6 heteroatoms.